The highest BCUT2D eigenvalue weighted by Crippen LogP contribution is 2.32. The van der Waals surface area contributed by atoms with Crippen molar-refractivity contribution in [1.82, 2.24) is 4.90 Å². The summed E-state index contributed by atoms with van der Waals surface area (Å²) < 4.78 is 37.9. The van der Waals surface area contributed by atoms with Crippen LogP contribution in [-0.4, -0.2) is 42.5 Å². The highest BCUT2D eigenvalue weighted by atomic mass is 19.4. The lowest BCUT2D eigenvalue weighted by atomic mass is 10.1. The van der Waals surface area contributed by atoms with E-state index in [1.54, 1.807) is 19.0 Å². The number of carboxylic acids is 1. The molecule has 5 nitrogen and oxygen atoms in total. The van der Waals surface area contributed by atoms with E-state index in [1.807, 2.05) is 0 Å². The number of anilines is 1. The van der Waals surface area contributed by atoms with Crippen molar-refractivity contribution in [2.24, 2.45) is 0 Å². The quantitative estimate of drug-likeness (QED) is 0.875. The lowest BCUT2D eigenvalue weighted by molar-refractivity contribution is -0.137. The molecule has 1 aromatic rings. The van der Waals surface area contributed by atoms with Gasteiger partial charge in [0.2, 0.25) is 5.91 Å². The molecule has 0 spiro atoms. The predicted molar refractivity (Wildman–Crippen MR) is 70.2 cm³/mol. The first-order valence-corrected chi connectivity index (χ1v) is 6.00. The number of halogens is 3. The van der Waals surface area contributed by atoms with Crippen LogP contribution in [0.25, 0.3) is 0 Å². The summed E-state index contributed by atoms with van der Waals surface area (Å²) in [5, 5.41) is 11.2. The van der Waals surface area contributed by atoms with Gasteiger partial charge in [0, 0.05) is 13.0 Å². The van der Waals surface area contributed by atoms with Gasteiger partial charge in [0.15, 0.2) is 0 Å². The maximum atomic E-state index is 12.6. The molecule has 21 heavy (non-hydrogen) atoms. The standard InChI is InChI=1S/C13H15F3N2O3/c1-18(2)6-5-11(19)17-10-7-8(13(14,15)16)3-4-9(10)12(20)21/h3-4,7H,5-6H2,1-2H3,(H,17,19)(H,20,21). The zero-order valence-corrected chi connectivity index (χ0v) is 11.5. The molecule has 0 radical (unpaired) electrons. The molecule has 0 aliphatic rings. The molecular formula is C13H15F3N2O3. The van der Waals surface area contributed by atoms with Gasteiger partial charge in [-0.25, -0.2) is 4.79 Å². The Hall–Kier alpha value is -2.09. The fraction of sp³-hybridized carbons (Fsp3) is 0.385. The molecule has 1 rings (SSSR count). The van der Waals surface area contributed by atoms with E-state index in [9.17, 15) is 22.8 Å². The van der Waals surface area contributed by atoms with Crippen LogP contribution in [0.15, 0.2) is 18.2 Å². The Bertz CT molecular complexity index is 542. The van der Waals surface area contributed by atoms with E-state index in [0.717, 1.165) is 6.07 Å². The van der Waals surface area contributed by atoms with Gasteiger partial charge in [0.05, 0.1) is 16.8 Å². The van der Waals surface area contributed by atoms with Crippen molar-refractivity contribution in [1.29, 1.82) is 0 Å². The second kappa shape index (κ2) is 6.57. The minimum Gasteiger partial charge on any atom is -0.478 e. The third-order valence-electron chi connectivity index (χ3n) is 2.64. The van der Waals surface area contributed by atoms with Gasteiger partial charge >= 0.3 is 12.1 Å². The largest absolute Gasteiger partial charge is 0.478 e. The van der Waals surface area contributed by atoms with Gasteiger partial charge in [-0.15, -0.1) is 0 Å². The summed E-state index contributed by atoms with van der Waals surface area (Å²) in [7, 11) is 3.47. The van der Waals surface area contributed by atoms with E-state index in [4.69, 9.17) is 5.11 Å². The highest BCUT2D eigenvalue weighted by Gasteiger charge is 2.31. The molecule has 0 bridgehead atoms. The molecular weight excluding hydrogens is 289 g/mol. The van der Waals surface area contributed by atoms with Crippen LogP contribution in [0.5, 0.6) is 0 Å². The first kappa shape index (κ1) is 17.0. The number of rotatable bonds is 5. The molecule has 0 unspecified atom stereocenters. The number of amides is 1. The van der Waals surface area contributed by atoms with Crippen LogP contribution in [0.4, 0.5) is 18.9 Å². The zero-order valence-electron chi connectivity index (χ0n) is 11.5. The number of carbonyl (C=O) groups is 2. The third-order valence-corrected chi connectivity index (χ3v) is 2.64. The number of alkyl halides is 3. The molecule has 0 heterocycles. The summed E-state index contributed by atoms with van der Waals surface area (Å²) in [5.41, 5.74) is -1.77. The zero-order chi connectivity index (χ0) is 16.2. The second-order valence-electron chi connectivity index (χ2n) is 4.66. The maximum absolute atomic E-state index is 12.6. The Morgan fingerprint density at radius 1 is 1.29 bits per heavy atom. The van der Waals surface area contributed by atoms with Gasteiger partial charge in [-0.3, -0.25) is 4.79 Å². The van der Waals surface area contributed by atoms with Gasteiger partial charge in [0.1, 0.15) is 0 Å². The van der Waals surface area contributed by atoms with E-state index < -0.39 is 23.6 Å². The molecule has 8 heteroatoms. The molecule has 0 atom stereocenters. The molecule has 0 aliphatic carbocycles. The first-order chi connectivity index (χ1) is 9.61. The number of benzene rings is 1. The van der Waals surface area contributed by atoms with Crippen LogP contribution in [0, 0.1) is 0 Å². The van der Waals surface area contributed by atoms with Crippen LogP contribution in [0.1, 0.15) is 22.3 Å². The molecule has 0 fully saturated rings. The summed E-state index contributed by atoms with van der Waals surface area (Å²) >= 11 is 0. The summed E-state index contributed by atoms with van der Waals surface area (Å²) in [5.74, 6) is -1.96. The van der Waals surface area contributed by atoms with E-state index in [-0.39, 0.29) is 17.7 Å². The summed E-state index contributed by atoms with van der Waals surface area (Å²) in [6.07, 6.45) is -4.57. The average Bonchev–Trinajstić information content (AvgIpc) is 2.34. The maximum Gasteiger partial charge on any atom is 0.416 e. The lowest BCUT2D eigenvalue weighted by Crippen LogP contribution is -2.22. The van der Waals surface area contributed by atoms with Crippen molar-refractivity contribution < 1.29 is 27.9 Å². The Labute approximate surface area is 119 Å². The van der Waals surface area contributed by atoms with E-state index >= 15 is 0 Å². The molecule has 1 aromatic carbocycles. The molecule has 2 N–H and O–H groups in total. The fourth-order valence-corrected chi connectivity index (χ4v) is 1.55. The minimum atomic E-state index is -4.61. The number of hydrogen-bond acceptors (Lipinski definition) is 3. The van der Waals surface area contributed by atoms with Crippen molar-refractivity contribution >= 4 is 17.6 Å². The van der Waals surface area contributed by atoms with E-state index in [2.05, 4.69) is 5.32 Å². The number of carboxylic acid groups (broad SMARTS) is 1. The monoisotopic (exact) mass is 304 g/mol. The number of nitrogens with zero attached hydrogens (tertiary/aromatic N) is 1. The Morgan fingerprint density at radius 2 is 1.90 bits per heavy atom. The summed E-state index contributed by atoms with van der Waals surface area (Å²) in [6, 6.07) is 2.11. The van der Waals surface area contributed by atoms with Gasteiger partial charge in [-0.2, -0.15) is 13.2 Å². The Balaban J connectivity index is 3.01. The molecule has 1 amide bonds. The number of nitrogens with one attached hydrogen (secondary N) is 1. The van der Waals surface area contributed by atoms with Crippen molar-refractivity contribution in [2.75, 3.05) is 26.0 Å². The average molecular weight is 304 g/mol. The van der Waals surface area contributed by atoms with E-state index in [1.165, 1.54) is 0 Å². The van der Waals surface area contributed by atoms with Crippen LogP contribution >= 0.6 is 0 Å². The lowest BCUT2D eigenvalue weighted by Gasteiger charge is -2.13. The van der Waals surface area contributed by atoms with Crippen LogP contribution < -0.4 is 5.32 Å². The second-order valence-corrected chi connectivity index (χ2v) is 4.66. The molecule has 0 aromatic heterocycles. The third kappa shape index (κ3) is 5.07. The molecule has 116 valence electrons. The topological polar surface area (TPSA) is 69.6 Å². The van der Waals surface area contributed by atoms with Crippen LogP contribution in [-0.2, 0) is 11.0 Å². The molecule has 0 aliphatic heterocycles. The summed E-state index contributed by atoms with van der Waals surface area (Å²) in [6.45, 7) is 0.396. The SMILES string of the molecule is CN(C)CCC(=O)Nc1cc(C(F)(F)F)ccc1C(=O)O. The Kier molecular flexibility index (Phi) is 5.31. The van der Waals surface area contributed by atoms with Gasteiger partial charge in [-0.1, -0.05) is 0 Å². The number of hydrogen-bond donors (Lipinski definition) is 2. The van der Waals surface area contributed by atoms with Gasteiger partial charge in [0.25, 0.3) is 0 Å². The smallest absolute Gasteiger partial charge is 0.416 e. The Morgan fingerprint density at radius 3 is 2.38 bits per heavy atom. The van der Waals surface area contributed by atoms with Crippen molar-refractivity contribution in [3.05, 3.63) is 29.3 Å². The van der Waals surface area contributed by atoms with Crippen molar-refractivity contribution in [3.8, 4) is 0 Å². The van der Waals surface area contributed by atoms with E-state index in [0.29, 0.717) is 18.7 Å². The number of aromatic carboxylic acids is 1. The molecule has 0 saturated carbocycles. The molecule has 0 saturated heterocycles. The van der Waals surface area contributed by atoms with Crippen LogP contribution in [0.3, 0.4) is 0 Å². The highest BCUT2D eigenvalue weighted by molar-refractivity contribution is 6.00. The van der Waals surface area contributed by atoms with Crippen molar-refractivity contribution in [2.45, 2.75) is 12.6 Å². The summed E-state index contributed by atoms with van der Waals surface area (Å²) in [4.78, 5) is 24.4. The fourth-order valence-electron chi connectivity index (χ4n) is 1.55. The first-order valence-electron chi connectivity index (χ1n) is 6.00. The number of carbonyl (C=O) groups excluding carboxylic acids is 1. The normalized spacial score (nSPS) is 11.5. The predicted octanol–water partition coefficient (Wildman–Crippen LogP) is 2.29. The van der Waals surface area contributed by atoms with Crippen LogP contribution in [0.2, 0.25) is 0 Å². The minimum absolute atomic E-state index is 0.0440. The van der Waals surface area contributed by atoms with Crippen molar-refractivity contribution in [3.63, 3.8) is 0 Å². The van der Waals surface area contributed by atoms with Gasteiger partial charge < -0.3 is 15.3 Å². The van der Waals surface area contributed by atoms with Gasteiger partial charge in [-0.05, 0) is 32.3 Å².